The Morgan fingerprint density at radius 2 is 2.22 bits per heavy atom. The van der Waals surface area contributed by atoms with Gasteiger partial charge in [0.2, 0.25) is 0 Å². The maximum atomic E-state index is 11.9. The largest absolute Gasteiger partial charge is 0.446 e. The van der Waals surface area contributed by atoms with E-state index in [1.807, 2.05) is 4.72 Å². The molecule has 1 heterocycles. The summed E-state index contributed by atoms with van der Waals surface area (Å²) in [6.45, 7) is 4.19. The van der Waals surface area contributed by atoms with Gasteiger partial charge in [-0.25, -0.2) is 9.52 Å². The van der Waals surface area contributed by atoms with Crippen LogP contribution in [0, 0.1) is 5.92 Å². The minimum Gasteiger partial charge on any atom is -0.446 e. The normalized spacial score (nSPS) is 21.9. The highest BCUT2D eigenvalue weighted by Gasteiger charge is 2.30. The van der Waals surface area contributed by atoms with Crippen molar-refractivity contribution in [2.45, 2.75) is 32.8 Å². The second kappa shape index (κ2) is 6.72. The van der Waals surface area contributed by atoms with Crippen LogP contribution in [0.5, 0.6) is 0 Å². The highest BCUT2D eigenvalue weighted by molar-refractivity contribution is 9.09. The third-order valence-corrected chi connectivity index (χ3v) is 4.95. The summed E-state index contributed by atoms with van der Waals surface area (Å²) < 4.78 is 31.9. The SMILES string of the molecule is CC(C)OC(=O)NS(=O)(=O)N1CCCC(CBr)C1. The fourth-order valence-corrected chi connectivity index (χ4v) is 3.47. The van der Waals surface area contributed by atoms with Crippen LogP contribution in [-0.2, 0) is 14.9 Å². The van der Waals surface area contributed by atoms with Gasteiger partial charge in [0.1, 0.15) is 0 Å². The molecule has 1 atom stereocenters. The first-order valence-electron chi connectivity index (χ1n) is 5.89. The van der Waals surface area contributed by atoms with Crippen molar-refractivity contribution in [3.05, 3.63) is 0 Å². The molecule has 1 rings (SSSR count). The van der Waals surface area contributed by atoms with Crippen LogP contribution in [0.2, 0.25) is 0 Å². The number of carbonyl (C=O) groups excluding carboxylic acids is 1. The molecule has 0 aromatic carbocycles. The predicted octanol–water partition coefficient (Wildman–Crippen LogP) is 1.47. The Morgan fingerprint density at radius 3 is 2.78 bits per heavy atom. The molecule has 1 fully saturated rings. The summed E-state index contributed by atoms with van der Waals surface area (Å²) in [4.78, 5) is 11.3. The molecule has 8 heteroatoms. The van der Waals surface area contributed by atoms with Gasteiger partial charge in [-0.05, 0) is 32.6 Å². The minimum absolute atomic E-state index is 0.288. The van der Waals surface area contributed by atoms with Crippen LogP contribution in [0.4, 0.5) is 4.79 Å². The van der Waals surface area contributed by atoms with Crippen LogP contribution < -0.4 is 4.72 Å². The Labute approximate surface area is 116 Å². The third kappa shape index (κ3) is 4.74. The molecule has 0 spiro atoms. The Hall–Kier alpha value is -0.340. The second-order valence-corrected chi connectivity index (χ2v) is 6.90. The molecule has 1 amide bonds. The van der Waals surface area contributed by atoms with E-state index in [4.69, 9.17) is 4.74 Å². The maximum absolute atomic E-state index is 11.9. The molecule has 1 N–H and O–H groups in total. The van der Waals surface area contributed by atoms with Crippen molar-refractivity contribution in [3.63, 3.8) is 0 Å². The fourth-order valence-electron chi connectivity index (χ4n) is 1.78. The zero-order valence-electron chi connectivity index (χ0n) is 10.6. The van der Waals surface area contributed by atoms with Gasteiger partial charge in [0.25, 0.3) is 0 Å². The zero-order valence-corrected chi connectivity index (χ0v) is 13.0. The Kier molecular flexibility index (Phi) is 5.87. The summed E-state index contributed by atoms with van der Waals surface area (Å²) in [7, 11) is -3.78. The lowest BCUT2D eigenvalue weighted by Gasteiger charge is -2.30. The number of amides is 1. The predicted molar refractivity (Wildman–Crippen MR) is 71.8 cm³/mol. The molecule has 0 aromatic rings. The standard InChI is InChI=1S/C10H19BrN2O4S/c1-8(2)17-10(14)12-18(15,16)13-5-3-4-9(6-11)7-13/h8-9H,3-7H2,1-2H3,(H,12,14). The van der Waals surface area contributed by atoms with Crippen molar-refractivity contribution in [1.29, 1.82) is 0 Å². The molecule has 18 heavy (non-hydrogen) atoms. The van der Waals surface area contributed by atoms with Crippen molar-refractivity contribution >= 4 is 32.2 Å². The number of nitrogens with zero attached hydrogens (tertiary/aromatic N) is 1. The van der Waals surface area contributed by atoms with E-state index in [0.717, 1.165) is 18.2 Å². The average molecular weight is 343 g/mol. The van der Waals surface area contributed by atoms with E-state index in [-0.39, 0.29) is 12.0 Å². The number of halogens is 1. The summed E-state index contributed by atoms with van der Waals surface area (Å²) in [5.74, 6) is 0.288. The van der Waals surface area contributed by atoms with Crippen molar-refractivity contribution in [1.82, 2.24) is 9.03 Å². The van der Waals surface area contributed by atoms with Crippen molar-refractivity contribution < 1.29 is 17.9 Å². The number of carbonyl (C=O) groups is 1. The molecule has 0 aromatic heterocycles. The maximum Gasteiger partial charge on any atom is 0.422 e. The van der Waals surface area contributed by atoms with E-state index < -0.39 is 16.3 Å². The summed E-state index contributed by atoms with van der Waals surface area (Å²) >= 11 is 3.36. The number of ether oxygens (including phenoxy) is 1. The van der Waals surface area contributed by atoms with E-state index in [9.17, 15) is 13.2 Å². The molecule has 0 radical (unpaired) electrons. The molecule has 106 valence electrons. The third-order valence-electron chi connectivity index (χ3n) is 2.59. The summed E-state index contributed by atoms with van der Waals surface area (Å²) in [5, 5.41) is 0.759. The fraction of sp³-hybridized carbons (Fsp3) is 0.900. The average Bonchev–Trinajstić information content (AvgIpc) is 2.27. The van der Waals surface area contributed by atoms with Gasteiger partial charge in [0, 0.05) is 18.4 Å². The number of alkyl halides is 1. The van der Waals surface area contributed by atoms with Gasteiger partial charge < -0.3 is 4.74 Å². The zero-order chi connectivity index (χ0) is 13.8. The molecular formula is C10H19BrN2O4S. The second-order valence-electron chi connectivity index (χ2n) is 4.58. The molecule has 1 aliphatic rings. The molecule has 0 aliphatic carbocycles. The van der Waals surface area contributed by atoms with E-state index in [1.54, 1.807) is 13.8 Å². The van der Waals surface area contributed by atoms with Gasteiger partial charge in [-0.15, -0.1) is 0 Å². The summed E-state index contributed by atoms with van der Waals surface area (Å²) in [6.07, 6.45) is 0.521. The van der Waals surface area contributed by atoms with Crippen LogP contribution >= 0.6 is 15.9 Å². The van der Waals surface area contributed by atoms with E-state index in [1.165, 1.54) is 4.31 Å². The minimum atomic E-state index is -3.78. The number of rotatable bonds is 4. The Balaban J connectivity index is 2.60. The molecule has 1 saturated heterocycles. The summed E-state index contributed by atoms with van der Waals surface area (Å²) in [5.41, 5.74) is 0. The first kappa shape index (κ1) is 15.7. The van der Waals surface area contributed by atoms with Crippen LogP contribution in [0.3, 0.4) is 0 Å². The van der Waals surface area contributed by atoms with Gasteiger partial charge in [0.15, 0.2) is 0 Å². The lowest BCUT2D eigenvalue weighted by molar-refractivity contribution is 0.120. The molecule has 1 unspecified atom stereocenters. The van der Waals surface area contributed by atoms with Gasteiger partial charge in [0.05, 0.1) is 6.10 Å². The van der Waals surface area contributed by atoms with Gasteiger partial charge >= 0.3 is 16.3 Å². The molecule has 6 nitrogen and oxygen atoms in total. The molecule has 0 saturated carbocycles. The number of hydrogen-bond acceptors (Lipinski definition) is 4. The van der Waals surface area contributed by atoms with Crippen LogP contribution in [0.25, 0.3) is 0 Å². The number of nitrogens with one attached hydrogen (secondary N) is 1. The van der Waals surface area contributed by atoms with Crippen molar-refractivity contribution in [2.75, 3.05) is 18.4 Å². The Morgan fingerprint density at radius 1 is 1.56 bits per heavy atom. The lowest BCUT2D eigenvalue weighted by atomic mass is 10.0. The quantitative estimate of drug-likeness (QED) is 0.785. The number of hydrogen-bond donors (Lipinski definition) is 1. The first-order chi connectivity index (χ1) is 8.35. The lowest BCUT2D eigenvalue weighted by Crippen LogP contribution is -2.48. The van der Waals surface area contributed by atoms with Crippen LogP contribution in [-0.4, -0.2) is 43.3 Å². The summed E-state index contributed by atoms with van der Waals surface area (Å²) in [6, 6.07) is 0. The van der Waals surface area contributed by atoms with Crippen LogP contribution in [0.1, 0.15) is 26.7 Å². The van der Waals surface area contributed by atoms with E-state index in [2.05, 4.69) is 15.9 Å². The molecule has 0 bridgehead atoms. The van der Waals surface area contributed by atoms with E-state index >= 15 is 0 Å². The van der Waals surface area contributed by atoms with Crippen molar-refractivity contribution in [3.8, 4) is 0 Å². The monoisotopic (exact) mass is 342 g/mol. The van der Waals surface area contributed by atoms with E-state index in [0.29, 0.717) is 13.1 Å². The Bertz CT molecular complexity index is 385. The van der Waals surface area contributed by atoms with Gasteiger partial charge in [-0.3, -0.25) is 0 Å². The number of piperidine rings is 1. The molecular weight excluding hydrogens is 324 g/mol. The highest BCUT2D eigenvalue weighted by Crippen LogP contribution is 2.20. The van der Waals surface area contributed by atoms with Gasteiger partial charge in [-0.2, -0.15) is 12.7 Å². The first-order valence-corrected chi connectivity index (χ1v) is 8.45. The van der Waals surface area contributed by atoms with Gasteiger partial charge in [-0.1, -0.05) is 15.9 Å². The topological polar surface area (TPSA) is 75.7 Å². The highest BCUT2D eigenvalue weighted by atomic mass is 79.9. The van der Waals surface area contributed by atoms with Crippen molar-refractivity contribution in [2.24, 2.45) is 5.92 Å². The molecule has 1 aliphatic heterocycles. The van der Waals surface area contributed by atoms with Crippen LogP contribution in [0.15, 0.2) is 0 Å². The smallest absolute Gasteiger partial charge is 0.422 e.